The molecule has 0 saturated heterocycles. The zero-order valence-electron chi connectivity index (χ0n) is 11.1. The van der Waals surface area contributed by atoms with Crippen LogP contribution < -0.4 is 10.6 Å². The minimum atomic E-state index is -0.760. The summed E-state index contributed by atoms with van der Waals surface area (Å²) in [5, 5.41) is 13.8. The van der Waals surface area contributed by atoms with Gasteiger partial charge in [0.05, 0.1) is 5.54 Å². The SMILES string of the molecule is C#CC(C)(C)NC(=O)NCCCCCCC(=O)O. The van der Waals surface area contributed by atoms with Crippen LogP contribution in [0.2, 0.25) is 0 Å². The average Bonchev–Trinajstić information content (AvgIpc) is 2.26. The van der Waals surface area contributed by atoms with Crippen LogP contribution in [0, 0.1) is 12.3 Å². The zero-order chi connectivity index (χ0) is 14.0. The Balaban J connectivity index is 3.47. The van der Waals surface area contributed by atoms with E-state index in [0.717, 1.165) is 19.3 Å². The lowest BCUT2D eigenvalue weighted by Gasteiger charge is -2.19. The highest BCUT2D eigenvalue weighted by atomic mass is 16.4. The lowest BCUT2D eigenvalue weighted by atomic mass is 10.1. The fourth-order valence-corrected chi connectivity index (χ4v) is 1.32. The Hall–Kier alpha value is -1.70. The number of hydrogen-bond donors (Lipinski definition) is 3. The summed E-state index contributed by atoms with van der Waals surface area (Å²) in [5.74, 6) is 1.71. The summed E-state index contributed by atoms with van der Waals surface area (Å²) >= 11 is 0. The molecule has 0 aliphatic carbocycles. The van der Waals surface area contributed by atoms with Crippen molar-refractivity contribution in [2.24, 2.45) is 0 Å². The second-order valence-electron chi connectivity index (χ2n) is 4.71. The predicted molar refractivity (Wildman–Crippen MR) is 70.2 cm³/mol. The summed E-state index contributed by atoms with van der Waals surface area (Å²) in [4.78, 5) is 21.7. The van der Waals surface area contributed by atoms with Crippen LogP contribution in [0.3, 0.4) is 0 Å². The van der Waals surface area contributed by atoms with Crippen molar-refractivity contribution in [1.82, 2.24) is 10.6 Å². The molecule has 102 valence electrons. The van der Waals surface area contributed by atoms with E-state index in [2.05, 4.69) is 16.6 Å². The summed E-state index contributed by atoms with van der Waals surface area (Å²) in [5.41, 5.74) is -0.647. The number of carboxylic acid groups (broad SMARTS) is 1. The van der Waals surface area contributed by atoms with Crippen LogP contribution >= 0.6 is 0 Å². The third-order valence-corrected chi connectivity index (χ3v) is 2.39. The van der Waals surface area contributed by atoms with E-state index in [4.69, 9.17) is 11.5 Å². The van der Waals surface area contributed by atoms with Crippen LogP contribution in [0.1, 0.15) is 46.0 Å². The van der Waals surface area contributed by atoms with Crippen LogP contribution in [-0.4, -0.2) is 29.2 Å². The molecule has 3 N–H and O–H groups in total. The summed E-state index contributed by atoms with van der Waals surface area (Å²) in [6.45, 7) is 4.07. The molecule has 0 spiro atoms. The molecule has 0 radical (unpaired) electrons. The van der Waals surface area contributed by atoms with E-state index in [1.54, 1.807) is 13.8 Å². The summed E-state index contributed by atoms with van der Waals surface area (Å²) < 4.78 is 0. The Morgan fingerprint density at radius 1 is 1.22 bits per heavy atom. The number of carbonyl (C=O) groups excluding carboxylic acids is 1. The van der Waals surface area contributed by atoms with Gasteiger partial charge in [0.2, 0.25) is 0 Å². The highest BCUT2D eigenvalue weighted by molar-refractivity contribution is 5.75. The van der Waals surface area contributed by atoms with Crippen LogP contribution in [0.25, 0.3) is 0 Å². The molecule has 0 aromatic rings. The van der Waals surface area contributed by atoms with Gasteiger partial charge in [-0.15, -0.1) is 6.42 Å². The predicted octanol–water partition coefficient (Wildman–Crippen LogP) is 1.73. The zero-order valence-corrected chi connectivity index (χ0v) is 11.1. The number of aliphatic carboxylic acids is 1. The first-order valence-corrected chi connectivity index (χ1v) is 6.13. The van der Waals surface area contributed by atoms with Gasteiger partial charge in [0, 0.05) is 13.0 Å². The number of carbonyl (C=O) groups is 2. The summed E-state index contributed by atoms with van der Waals surface area (Å²) in [6.07, 6.45) is 8.76. The molecule has 0 aliphatic rings. The molecule has 5 heteroatoms. The number of terminal acetylenes is 1. The van der Waals surface area contributed by atoms with Gasteiger partial charge in [-0.1, -0.05) is 18.8 Å². The van der Waals surface area contributed by atoms with Gasteiger partial charge in [-0.05, 0) is 26.7 Å². The average molecular weight is 254 g/mol. The molecular formula is C13H22N2O3. The molecule has 0 aromatic carbocycles. The van der Waals surface area contributed by atoms with Crippen molar-refractivity contribution in [3.05, 3.63) is 0 Å². The van der Waals surface area contributed by atoms with E-state index in [9.17, 15) is 9.59 Å². The lowest BCUT2D eigenvalue weighted by molar-refractivity contribution is -0.137. The molecule has 0 rings (SSSR count). The van der Waals surface area contributed by atoms with Crippen LogP contribution in [0.5, 0.6) is 0 Å². The van der Waals surface area contributed by atoms with E-state index < -0.39 is 11.5 Å². The largest absolute Gasteiger partial charge is 0.481 e. The maximum Gasteiger partial charge on any atom is 0.315 e. The number of hydrogen-bond acceptors (Lipinski definition) is 2. The monoisotopic (exact) mass is 254 g/mol. The van der Waals surface area contributed by atoms with Gasteiger partial charge in [-0.2, -0.15) is 0 Å². The third kappa shape index (κ3) is 9.52. The van der Waals surface area contributed by atoms with E-state index in [0.29, 0.717) is 13.0 Å². The summed E-state index contributed by atoms with van der Waals surface area (Å²) in [6, 6.07) is -0.275. The Morgan fingerprint density at radius 3 is 2.39 bits per heavy atom. The highest BCUT2D eigenvalue weighted by Gasteiger charge is 2.15. The van der Waals surface area contributed by atoms with Crippen molar-refractivity contribution in [3.8, 4) is 12.3 Å². The molecule has 2 amide bonds. The van der Waals surface area contributed by atoms with Crippen molar-refractivity contribution in [2.45, 2.75) is 51.5 Å². The molecule has 0 heterocycles. The molecule has 0 atom stereocenters. The number of rotatable bonds is 8. The van der Waals surface area contributed by atoms with Crippen LogP contribution in [-0.2, 0) is 4.79 Å². The third-order valence-electron chi connectivity index (χ3n) is 2.39. The van der Waals surface area contributed by atoms with E-state index in [-0.39, 0.29) is 12.5 Å². The van der Waals surface area contributed by atoms with Gasteiger partial charge < -0.3 is 15.7 Å². The van der Waals surface area contributed by atoms with Gasteiger partial charge in [0.15, 0.2) is 0 Å². The Labute approximate surface area is 108 Å². The first-order valence-electron chi connectivity index (χ1n) is 6.13. The highest BCUT2D eigenvalue weighted by Crippen LogP contribution is 2.02. The Kier molecular flexibility index (Phi) is 7.61. The van der Waals surface area contributed by atoms with Gasteiger partial charge in [0.1, 0.15) is 0 Å². The molecule has 0 unspecified atom stereocenters. The fourth-order valence-electron chi connectivity index (χ4n) is 1.32. The minimum absolute atomic E-state index is 0.213. The van der Waals surface area contributed by atoms with Crippen molar-refractivity contribution in [2.75, 3.05) is 6.54 Å². The van der Waals surface area contributed by atoms with Gasteiger partial charge in [-0.25, -0.2) is 4.79 Å². The smallest absolute Gasteiger partial charge is 0.315 e. The molecule has 0 bridgehead atoms. The first kappa shape index (κ1) is 16.3. The molecule has 18 heavy (non-hydrogen) atoms. The second-order valence-corrected chi connectivity index (χ2v) is 4.71. The van der Waals surface area contributed by atoms with Gasteiger partial charge >= 0.3 is 12.0 Å². The number of carboxylic acids is 1. The topological polar surface area (TPSA) is 78.4 Å². The first-order chi connectivity index (χ1) is 8.37. The van der Waals surface area contributed by atoms with Crippen LogP contribution in [0.4, 0.5) is 4.79 Å². The molecule has 0 aliphatic heterocycles. The van der Waals surface area contributed by atoms with Crippen molar-refractivity contribution in [1.29, 1.82) is 0 Å². The standard InChI is InChI=1S/C13H22N2O3/c1-4-13(2,3)15-12(18)14-10-8-6-5-7-9-11(16)17/h1H,5-10H2,2-3H3,(H,16,17)(H2,14,15,18). The molecule has 5 nitrogen and oxygen atoms in total. The maximum absolute atomic E-state index is 11.4. The molecule has 0 saturated carbocycles. The number of nitrogens with one attached hydrogen (secondary N) is 2. The molecular weight excluding hydrogens is 232 g/mol. The second kappa shape index (κ2) is 8.40. The summed E-state index contributed by atoms with van der Waals surface area (Å²) in [7, 11) is 0. The minimum Gasteiger partial charge on any atom is -0.481 e. The van der Waals surface area contributed by atoms with Crippen LogP contribution in [0.15, 0.2) is 0 Å². The van der Waals surface area contributed by atoms with Crippen molar-refractivity contribution >= 4 is 12.0 Å². The molecule has 0 aromatic heterocycles. The number of unbranched alkanes of at least 4 members (excludes halogenated alkanes) is 3. The lowest BCUT2D eigenvalue weighted by Crippen LogP contribution is -2.47. The maximum atomic E-state index is 11.4. The molecule has 0 fully saturated rings. The normalized spacial score (nSPS) is 10.5. The quantitative estimate of drug-likeness (QED) is 0.456. The van der Waals surface area contributed by atoms with E-state index >= 15 is 0 Å². The fraction of sp³-hybridized carbons (Fsp3) is 0.692. The number of amides is 2. The Morgan fingerprint density at radius 2 is 1.83 bits per heavy atom. The van der Waals surface area contributed by atoms with Crippen molar-refractivity contribution < 1.29 is 14.7 Å². The number of urea groups is 1. The van der Waals surface area contributed by atoms with E-state index in [1.807, 2.05) is 0 Å². The van der Waals surface area contributed by atoms with Crippen molar-refractivity contribution in [3.63, 3.8) is 0 Å². The van der Waals surface area contributed by atoms with Gasteiger partial charge in [0.25, 0.3) is 0 Å². The van der Waals surface area contributed by atoms with Gasteiger partial charge in [-0.3, -0.25) is 4.79 Å². The van der Waals surface area contributed by atoms with E-state index in [1.165, 1.54) is 0 Å². The Bertz CT molecular complexity index is 319.